The molecule has 2 aliphatic rings. The Bertz CT molecular complexity index is 794. The van der Waals surface area contributed by atoms with Gasteiger partial charge in [0.25, 0.3) is 0 Å². The van der Waals surface area contributed by atoms with E-state index in [1.54, 1.807) is 17.0 Å². The first-order valence-corrected chi connectivity index (χ1v) is 9.52. The third-order valence-electron chi connectivity index (χ3n) is 5.64. The van der Waals surface area contributed by atoms with Crippen LogP contribution in [-0.2, 0) is 21.5 Å². The van der Waals surface area contributed by atoms with E-state index < -0.39 is 5.41 Å². The highest BCUT2D eigenvalue weighted by molar-refractivity contribution is 5.91. The number of carbonyl (C=O) groups is 1. The van der Waals surface area contributed by atoms with Gasteiger partial charge < -0.3 is 14.5 Å². The number of likely N-dealkylation sites (N-methyl/N-ethyl adjacent to an activating group) is 1. The van der Waals surface area contributed by atoms with Gasteiger partial charge in [-0.1, -0.05) is 24.3 Å². The maximum absolute atomic E-state index is 13.2. The average molecular weight is 368 g/mol. The fourth-order valence-electron chi connectivity index (χ4n) is 3.86. The predicted molar refractivity (Wildman–Crippen MR) is 103 cm³/mol. The van der Waals surface area contributed by atoms with Crippen molar-refractivity contribution in [3.05, 3.63) is 65.5 Å². The highest BCUT2D eigenvalue weighted by Crippen LogP contribution is 2.49. The van der Waals surface area contributed by atoms with Crippen LogP contribution in [0.2, 0.25) is 0 Å². The summed E-state index contributed by atoms with van der Waals surface area (Å²) in [5, 5.41) is 0. The molecular formula is C22H25FN2O2. The van der Waals surface area contributed by atoms with E-state index in [4.69, 9.17) is 4.74 Å². The van der Waals surface area contributed by atoms with E-state index >= 15 is 0 Å². The van der Waals surface area contributed by atoms with Crippen molar-refractivity contribution in [3.63, 3.8) is 0 Å². The summed E-state index contributed by atoms with van der Waals surface area (Å²) in [5.41, 5.74) is 2.76. The van der Waals surface area contributed by atoms with E-state index in [0.717, 1.165) is 50.3 Å². The lowest BCUT2D eigenvalue weighted by Crippen LogP contribution is -2.36. The molecule has 0 unspecified atom stereocenters. The van der Waals surface area contributed by atoms with E-state index in [9.17, 15) is 9.18 Å². The number of amides is 1. The van der Waals surface area contributed by atoms with Crippen LogP contribution in [0, 0.1) is 5.82 Å². The fraction of sp³-hybridized carbons (Fsp3) is 0.409. The normalized spacial score (nSPS) is 18.2. The smallest absolute Gasteiger partial charge is 0.233 e. The van der Waals surface area contributed by atoms with Crippen LogP contribution in [0.1, 0.15) is 24.0 Å². The molecule has 4 nitrogen and oxygen atoms in total. The van der Waals surface area contributed by atoms with Gasteiger partial charge in [-0.3, -0.25) is 4.79 Å². The quantitative estimate of drug-likeness (QED) is 0.811. The van der Waals surface area contributed by atoms with Crippen molar-refractivity contribution < 1.29 is 13.9 Å². The Morgan fingerprint density at radius 3 is 2.30 bits per heavy atom. The van der Waals surface area contributed by atoms with Crippen molar-refractivity contribution in [2.45, 2.75) is 24.8 Å². The summed E-state index contributed by atoms with van der Waals surface area (Å²) in [5.74, 6) is -0.151. The highest BCUT2D eigenvalue weighted by atomic mass is 19.1. The van der Waals surface area contributed by atoms with Crippen molar-refractivity contribution in [3.8, 4) is 0 Å². The molecule has 2 fully saturated rings. The Morgan fingerprint density at radius 2 is 1.70 bits per heavy atom. The van der Waals surface area contributed by atoms with Crippen molar-refractivity contribution in [1.82, 2.24) is 4.90 Å². The second-order valence-electron chi connectivity index (χ2n) is 7.52. The van der Waals surface area contributed by atoms with E-state index in [1.165, 1.54) is 17.8 Å². The third-order valence-corrected chi connectivity index (χ3v) is 5.64. The maximum atomic E-state index is 13.2. The second-order valence-corrected chi connectivity index (χ2v) is 7.52. The predicted octanol–water partition coefficient (Wildman–Crippen LogP) is 3.35. The molecule has 1 amide bonds. The molecule has 0 N–H and O–H groups in total. The van der Waals surface area contributed by atoms with Crippen LogP contribution in [0.3, 0.4) is 0 Å². The van der Waals surface area contributed by atoms with Gasteiger partial charge in [-0.25, -0.2) is 4.39 Å². The van der Waals surface area contributed by atoms with Gasteiger partial charge in [0.1, 0.15) is 5.82 Å². The van der Waals surface area contributed by atoms with Crippen molar-refractivity contribution in [2.75, 3.05) is 38.3 Å². The van der Waals surface area contributed by atoms with E-state index in [-0.39, 0.29) is 11.7 Å². The second kappa shape index (κ2) is 7.31. The maximum Gasteiger partial charge on any atom is 0.233 e. The largest absolute Gasteiger partial charge is 0.378 e. The van der Waals surface area contributed by atoms with Gasteiger partial charge in [0, 0.05) is 32.4 Å². The minimum Gasteiger partial charge on any atom is -0.378 e. The summed E-state index contributed by atoms with van der Waals surface area (Å²) in [6, 6.07) is 14.8. The van der Waals surface area contributed by atoms with Gasteiger partial charge in [-0.05, 0) is 48.2 Å². The monoisotopic (exact) mass is 368 g/mol. The van der Waals surface area contributed by atoms with Crippen LogP contribution in [0.15, 0.2) is 48.5 Å². The first-order valence-electron chi connectivity index (χ1n) is 9.52. The number of ether oxygens (including phenoxy) is 1. The van der Waals surface area contributed by atoms with Gasteiger partial charge in [0.2, 0.25) is 5.91 Å². The number of carbonyl (C=O) groups excluding carboxylic acids is 1. The zero-order valence-corrected chi connectivity index (χ0v) is 15.7. The molecule has 142 valence electrons. The molecule has 1 aliphatic heterocycles. The molecule has 0 atom stereocenters. The summed E-state index contributed by atoms with van der Waals surface area (Å²) in [4.78, 5) is 17.1. The molecule has 1 heterocycles. The van der Waals surface area contributed by atoms with Crippen LogP contribution in [0.4, 0.5) is 10.1 Å². The molecule has 1 saturated carbocycles. The average Bonchev–Trinajstić information content (AvgIpc) is 3.51. The minimum atomic E-state index is -0.462. The molecule has 0 spiro atoms. The van der Waals surface area contributed by atoms with Crippen molar-refractivity contribution in [1.29, 1.82) is 0 Å². The molecule has 0 radical (unpaired) electrons. The number of anilines is 1. The molecule has 0 bridgehead atoms. The molecular weight excluding hydrogens is 343 g/mol. The standard InChI is InChI=1S/C22H25FN2O2/c1-24(21(26)22(10-11-22)18-4-6-19(23)7-5-18)16-17-2-8-20(9-3-17)25-12-14-27-15-13-25/h2-9H,10-16H2,1H3. The first kappa shape index (κ1) is 18.0. The Hall–Kier alpha value is -2.40. The lowest BCUT2D eigenvalue weighted by Gasteiger charge is -2.29. The van der Waals surface area contributed by atoms with Crippen LogP contribution in [0.25, 0.3) is 0 Å². The summed E-state index contributed by atoms with van der Waals surface area (Å²) in [6.45, 7) is 3.94. The molecule has 1 aliphatic carbocycles. The van der Waals surface area contributed by atoms with Crippen LogP contribution in [0.5, 0.6) is 0 Å². The Morgan fingerprint density at radius 1 is 1.07 bits per heavy atom. The molecule has 0 aromatic heterocycles. The van der Waals surface area contributed by atoms with Gasteiger partial charge in [-0.15, -0.1) is 0 Å². The van der Waals surface area contributed by atoms with Crippen molar-refractivity contribution >= 4 is 11.6 Å². The minimum absolute atomic E-state index is 0.117. The summed E-state index contributed by atoms with van der Waals surface area (Å²) in [7, 11) is 1.85. The number of benzene rings is 2. The molecule has 2 aromatic carbocycles. The lowest BCUT2D eigenvalue weighted by molar-refractivity contribution is -0.133. The number of hydrogen-bond donors (Lipinski definition) is 0. The molecule has 1 saturated heterocycles. The zero-order valence-electron chi connectivity index (χ0n) is 15.7. The SMILES string of the molecule is CN(Cc1ccc(N2CCOCC2)cc1)C(=O)C1(c2ccc(F)cc2)CC1. The molecule has 2 aromatic rings. The molecule has 27 heavy (non-hydrogen) atoms. The van der Waals surface area contributed by atoms with Crippen molar-refractivity contribution in [2.24, 2.45) is 0 Å². The highest BCUT2D eigenvalue weighted by Gasteiger charge is 2.52. The number of hydrogen-bond acceptors (Lipinski definition) is 3. The summed E-state index contributed by atoms with van der Waals surface area (Å²) < 4.78 is 18.6. The Kier molecular flexibility index (Phi) is 4.87. The van der Waals surface area contributed by atoms with Crippen LogP contribution < -0.4 is 4.90 Å². The Labute approximate surface area is 159 Å². The van der Waals surface area contributed by atoms with Crippen LogP contribution >= 0.6 is 0 Å². The molecule has 5 heteroatoms. The van der Waals surface area contributed by atoms with Gasteiger partial charge >= 0.3 is 0 Å². The van der Waals surface area contributed by atoms with Gasteiger partial charge in [0.15, 0.2) is 0 Å². The first-order chi connectivity index (χ1) is 13.1. The number of morpholine rings is 1. The van der Waals surface area contributed by atoms with E-state index in [2.05, 4.69) is 29.2 Å². The van der Waals surface area contributed by atoms with Gasteiger partial charge in [0.05, 0.1) is 18.6 Å². The van der Waals surface area contributed by atoms with E-state index in [0.29, 0.717) is 6.54 Å². The fourth-order valence-corrected chi connectivity index (χ4v) is 3.86. The number of rotatable bonds is 5. The summed E-state index contributed by atoms with van der Waals surface area (Å²) >= 11 is 0. The lowest BCUT2D eigenvalue weighted by atomic mass is 9.94. The summed E-state index contributed by atoms with van der Waals surface area (Å²) in [6.07, 6.45) is 1.66. The number of nitrogens with zero attached hydrogens (tertiary/aromatic N) is 2. The van der Waals surface area contributed by atoms with Crippen LogP contribution in [-0.4, -0.2) is 44.2 Å². The topological polar surface area (TPSA) is 32.8 Å². The zero-order chi connectivity index (χ0) is 18.9. The Balaban J connectivity index is 1.42. The van der Waals surface area contributed by atoms with E-state index in [1.807, 2.05) is 7.05 Å². The third kappa shape index (κ3) is 3.69. The molecule has 4 rings (SSSR count). The number of halogens is 1. The van der Waals surface area contributed by atoms with Gasteiger partial charge in [-0.2, -0.15) is 0 Å².